The second-order valence-electron chi connectivity index (χ2n) is 4.87. The van der Waals surface area contributed by atoms with Crippen molar-refractivity contribution in [3.05, 3.63) is 23.8 Å². The highest BCUT2D eigenvalue weighted by molar-refractivity contribution is 5.75. The standard InChI is InChI=1S/C13H20N4O3/c1-8(2)11(6-12(18)19)17-13(20)15-7-10-4-5-14-9(3)16-10/h4-5,8,11H,6-7H2,1-3H3,(H,18,19)(H2,15,17,20). The van der Waals surface area contributed by atoms with Crippen molar-refractivity contribution in [2.75, 3.05) is 0 Å². The summed E-state index contributed by atoms with van der Waals surface area (Å²) in [5.74, 6) is -0.260. The molecule has 3 N–H and O–H groups in total. The number of rotatable bonds is 6. The lowest BCUT2D eigenvalue weighted by Gasteiger charge is -2.20. The zero-order valence-corrected chi connectivity index (χ0v) is 11.9. The van der Waals surface area contributed by atoms with Crippen molar-refractivity contribution in [2.24, 2.45) is 5.92 Å². The lowest BCUT2D eigenvalue weighted by molar-refractivity contribution is -0.137. The van der Waals surface area contributed by atoms with Crippen molar-refractivity contribution >= 4 is 12.0 Å². The third-order valence-electron chi connectivity index (χ3n) is 2.78. The lowest BCUT2D eigenvalue weighted by Crippen LogP contribution is -2.45. The van der Waals surface area contributed by atoms with Gasteiger partial charge >= 0.3 is 12.0 Å². The summed E-state index contributed by atoms with van der Waals surface area (Å²) in [6.45, 7) is 5.77. The van der Waals surface area contributed by atoms with E-state index >= 15 is 0 Å². The zero-order chi connectivity index (χ0) is 15.1. The lowest BCUT2D eigenvalue weighted by atomic mass is 10.0. The first-order valence-electron chi connectivity index (χ1n) is 6.43. The Morgan fingerprint density at radius 1 is 1.40 bits per heavy atom. The summed E-state index contributed by atoms with van der Waals surface area (Å²) in [6, 6.07) is 0.908. The molecule has 1 aromatic heterocycles. The monoisotopic (exact) mass is 280 g/mol. The number of amides is 2. The third-order valence-corrected chi connectivity index (χ3v) is 2.78. The summed E-state index contributed by atoms with van der Waals surface area (Å²) in [4.78, 5) is 30.6. The Kier molecular flexibility index (Phi) is 5.89. The molecule has 0 aliphatic heterocycles. The number of aliphatic carboxylic acids is 1. The molecule has 1 unspecified atom stereocenters. The number of hydrogen-bond acceptors (Lipinski definition) is 4. The largest absolute Gasteiger partial charge is 0.481 e. The number of urea groups is 1. The van der Waals surface area contributed by atoms with E-state index in [0.717, 1.165) is 0 Å². The van der Waals surface area contributed by atoms with Gasteiger partial charge in [-0.3, -0.25) is 4.79 Å². The van der Waals surface area contributed by atoms with E-state index in [1.165, 1.54) is 0 Å². The second-order valence-corrected chi connectivity index (χ2v) is 4.87. The number of carboxylic acid groups (broad SMARTS) is 1. The van der Waals surface area contributed by atoms with Gasteiger partial charge in [0.1, 0.15) is 5.82 Å². The van der Waals surface area contributed by atoms with E-state index in [-0.39, 0.29) is 18.9 Å². The molecule has 1 aromatic rings. The molecule has 0 fully saturated rings. The van der Waals surface area contributed by atoms with Gasteiger partial charge in [0.15, 0.2) is 0 Å². The summed E-state index contributed by atoms with van der Waals surface area (Å²) >= 11 is 0. The van der Waals surface area contributed by atoms with Crippen molar-refractivity contribution < 1.29 is 14.7 Å². The van der Waals surface area contributed by atoms with Crippen LogP contribution in [-0.4, -0.2) is 33.1 Å². The highest BCUT2D eigenvalue weighted by Gasteiger charge is 2.19. The van der Waals surface area contributed by atoms with Crippen LogP contribution >= 0.6 is 0 Å². The molecule has 2 amide bonds. The van der Waals surface area contributed by atoms with E-state index in [4.69, 9.17) is 5.11 Å². The molecule has 0 radical (unpaired) electrons. The van der Waals surface area contributed by atoms with Gasteiger partial charge in [0.05, 0.1) is 18.7 Å². The van der Waals surface area contributed by atoms with Crippen molar-refractivity contribution in [1.29, 1.82) is 0 Å². The predicted octanol–water partition coefficient (Wildman–Crippen LogP) is 1.08. The molecule has 110 valence electrons. The fourth-order valence-corrected chi connectivity index (χ4v) is 1.64. The summed E-state index contributed by atoms with van der Waals surface area (Å²) in [7, 11) is 0. The first-order valence-corrected chi connectivity index (χ1v) is 6.43. The first kappa shape index (κ1) is 15.9. The van der Waals surface area contributed by atoms with E-state index < -0.39 is 18.0 Å². The minimum Gasteiger partial charge on any atom is -0.481 e. The Labute approximate surface area is 117 Å². The molecule has 1 heterocycles. The molecule has 0 saturated carbocycles. The number of aromatic nitrogens is 2. The van der Waals surface area contributed by atoms with E-state index in [2.05, 4.69) is 20.6 Å². The Balaban J connectivity index is 2.47. The summed E-state index contributed by atoms with van der Waals surface area (Å²) < 4.78 is 0. The van der Waals surface area contributed by atoms with Gasteiger partial charge < -0.3 is 15.7 Å². The fourth-order valence-electron chi connectivity index (χ4n) is 1.64. The topological polar surface area (TPSA) is 104 Å². The van der Waals surface area contributed by atoms with Gasteiger partial charge in [0, 0.05) is 12.2 Å². The summed E-state index contributed by atoms with van der Waals surface area (Å²) in [5.41, 5.74) is 0.701. The molecular formula is C13H20N4O3. The fraction of sp³-hybridized carbons (Fsp3) is 0.538. The maximum absolute atomic E-state index is 11.7. The van der Waals surface area contributed by atoms with Crippen molar-refractivity contribution in [1.82, 2.24) is 20.6 Å². The molecule has 0 saturated heterocycles. The van der Waals surface area contributed by atoms with Gasteiger partial charge in [0.2, 0.25) is 0 Å². The van der Waals surface area contributed by atoms with Crippen LogP contribution in [0.5, 0.6) is 0 Å². The molecule has 20 heavy (non-hydrogen) atoms. The molecule has 0 aliphatic rings. The number of carbonyl (C=O) groups excluding carboxylic acids is 1. The first-order chi connectivity index (χ1) is 9.38. The quantitative estimate of drug-likeness (QED) is 0.723. The van der Waals surface area contributed by atoms with Crippen LogP contribution in [-0.2, 0) is 11.3 Å². The number of hydrogen-bond donors (Lipinski definition) is 3. The van der Waals surface area contributed by atoms with Gasteiger partial charge in [-0.1, -0.05) is 13.8 Å². The number of carbonyl (C=O) groups is 2. The van der Waals surface area contributed by atoms with Gasteiger partial charge in [-0.05, 0) is 18.9 Å². The molecule has 0 aliphatic carbocycles. The highest BCUT2D eigenvalue weighted by atomic mass is 16.4. The third kappa shape index (κ3) is 5.64. The molecular weight excluding hydrogens is 260 g/mol. The molecule has 7 heteroatoms. The Bertz CT molecular complexity index is 476. The van der Waals surface area contributed by atoms with Crippen molar-refractivity contribution in [3.63, 3.8) is 0 Å². The van der Waals surface area contributed by atoms with Crippen LogP contribution in [0.25, 0.3) is 0 Å². The van der Waals surface area contributed by atoms with Gasteiger partial charge in [-0.2, -0.15) is 0 Å². The maximum Gasteiger partial charge on any atom is 0.315 e. The average molecular weight is 280 g/mol. The van der Waals surface area contributed by atoms with E-state index in [1.54, 1.807) is 19.2 Å². The summed E-state index contributed by atoms with van der Waals surface area (Å²) in [5, 5.41) is 14.1. The van der Waals surface area contributed by atoms with Crippen LogP contribution in [0.15, 0.2) is 12.3 Å². The van der Waals surface area contributed by atoms with Crippen LogP contribution < -0.4 is 10.6 Å². The molecule has 1 rings (SSSR count). The highest BCUT2D eigenvalue weighted by Crippen LogP contribution is 2.06. The van der Waals surface area contributed by atoms with Gasteiger partial charge in [-0.25, -0.2) is 14.8 Å². The Hall–Kier alpha value is -2.18. The number of carboxylic acids is 1. The van der Waals surface area contributed by atoms with Crippen LogP contribution in [0.3, 0.4) is 0 Å². The SMILES string of the molecule is Cc1nccc(CNC(=O)NC(CC(=O)O)C(C)C)n1. The number of aryl methyl sites for hydroxylation is 1. The minimum atomic E-state index is -0.935. The maximum atomic E-state index is 11.7. The molecule has 1 atom stereocenters. The minimum absolute atomic E-state index is 0.0399. The average Bonchev–Trinajstić information content (AvgIpc) is 2.35. The molecule has 0 bridgehead atoms. The second kappa shape index (κ2) is 7.42. The smallest absolute Gasteiger partial charge is 0.315 e. The normalized spacial score (nSPS) is 12.0. The summed E-state index contributed by atoms with van der Waals surface area (Å²) in [6.07, 6.45) is 1.52. The molecule has 0 aromatic carbocycles. The van der Waals surface area contributed by atoms with Crippen LogP contribution in [0.1, 0.15) is 31.8 Å². The predicted molar refractivity (Wildman–Crippen MR) is 73.0 cm³/mol. The zero-order valence-electron chi connectivity index (χ0n) is 11.9. The van der Waals surface area contributed by atoms with Gasteiger partial charge in [0.25, 0.3) is 0 Å². The Morgan fingerprint density at radius 3 is 2.65 bits per heavy atom. The van der Waals surface area contributed by atoms with E-state index in [1.807, 2.05) is 13.8 Å². The van der Waals surface area contributed by atoms with Gasteiger partial charge in [-0.15, -0.1) is 0 Å². The van der Waals surface area contributed by atoms with Crippen molar-refractivity contribution in [3.8, 4) is 0 Å². The Morgan fingerprint density at radius 2 is 2.10 bits per heavy atom. The molecule has 0 spiro atoms. The van der Waals surface area contributed by atoms with Crippen LogP contribution in [0.4, 0.5) is 4.79 Å². The van der Waals surface area contributed by atoms with E-state index in [9.17, 15) is 9.59 Å². The number of nitrogens with one attached hydrogen (secondary N) is 2. The van der Waals surface area contributed by atoms with Crippen LogP contribution in [0, 0.1) is 12.8 Å². The number of nitrogens with zero attached hydrogens (tertiary/aromatic N) is 2. The van der Waals surface area contributed by atoms with Crippen LogP contribution in [0.2, 0.25) is 0 Å². The van der Waals surface area contributed by atoms with Crippen molar-refractivity contribution in [2.45, 2.75) is 39.8 Å². The van der Waals surface area contributed by atoms with E-state index in [0.29, 0.717) is 11.5 Å². The molecule has 7 nitrogen and oxygen atoms in total.